The lowest BCUT2D eigenvalue weighted by atomic mass is 9.77. The SMILES string of the molecule is CN1CCCC[C@]1(C)C(=O)N1CCC(C)(c2ccn[nH]2)CC1. The maximum atomic E-state index is 13.0. The zero-order valence-electron chi connectivity index (χ0n) is 14.1. The van der Waals surface area contributed by atoms with Gasteiger partial charge >= 0.3 is 0 Å². The lowest BCUT2D eigenvalue weighted by molar-refractivity contribution is -0.146. The van der Waals surface area contributed by atoms with Crippen LogP contribution in [-0.4, -0.2) is 58.1 Å². The van der Waals surface area contributed by atoms with Crippen molar-refractivity contribution in [2.45, 2.75) is 56.9 Å². The van der Waals surface area contributed by atoms with Crippen LogP contribution in [0, 0.1) is 0 Å². The highest BCUT2D eigenvalue weighted by atomic mass is 16.2. The van der Waals surface area contributed by atoms with Crippen molar-refractivity contribution in [1.82, 2.24) is 20.0 Å². The van der Waals surface area contributed by atoms with Crippen molar-refractivity contribution in [3.05, 3.63) is 18.0 Å². The molecule has 22 heavy (non-hydrogen) atoms. The standard InChI is InChI=1S/C17H28N4O/c1-16(14-6-10-18-19-14)8-12-21(13-9-16)15(22)17(2)7-4-5-11-20(17)3/h6,10H,4-5,7-9,11-13H2,1-3H3,(H,18,19)/t17-/m1/s1. The van der Waals surface area contributed by atoms with E-state index in [9.17, 15) is 4.79 Å². The fraction of sp³-hybridized carbons (Fsp3) is 0.765. The number of carbonyl (C=O) groups is 1. The van der Waals surface area contributed by atoms with E-state index in [0.717, 1.165) is 45.3 Å². The Balaban J connectivity index is 1.67. The molecule has 1 aromatic rings. The minimum Gasteiger partial charge on any atom is -0.341 e. The number of amides is 1. The van der Waals surface area contributed by atoms with Crippen LogP contribution in [0.1, 0.15) is 51.6 Å². The fourth-order valence-electron chi connectivity index (χ4n) is 3.93. The molecular weight excluding hydrogens is 276 g/mol. The topological polar surface area (TPSA) is 52.2 Å². The van der Waals surface area contributed by atoms with E-state index in [0.29, 0.717) is 5.91 Å². The summed E-state index contributed by atoms with van der Waals surface area (Å²) in [5.74, 6) is 0.321. The molecule has 1 amide bonds. The van der Waals surface area contributed by atoms with Crippen LogP contribution in [-0.2, 0) is 10.2 Å². The molecule has 1 aromatic heterocycles. The van der Waals surface area contributed by atoms with Gasteiger partial charge in [-0.15, -0.1) is 0 Å². The number of nitrogens with one attached hydrogen (secondary N) is 1. The summed E-state index contributed by atoms with van der Waals surface area (Å²) in [4.78, 5) is 17.4. The van der Waals surface area contributed by atoms with Crippen molar-refractivity contribution in [2.75, 3.05) is 26.7 Å². The van der Waals surface area contributed by atoms with Gasteiger partial charge in [0.05, 0.1) is 5.54 Å². The zero-order chi connectivity index (χ0) is 15.8. The van der Waals surface area contributed by atoms with Crippen molar-refractivity contribution < 1.29 is 4.79 Å². The smallest absolute Gasteiger partial charge is 0.242 e. The Morgan fingerprint density at radius 2 is 1.91 bits per heavy atom. The molecular formula is C17H28N4O. The summed E-state index contributed by atoms with van der Waals surface area (Å²) in [7, 11) is 2.09. The Kier molecular flexibility index (Phi) is 4.02. The molecule has 2 aliphatic rings. The van der Waals surface area contributed by atoms with Crippen LogP contribution in [0.25, 0.3) is 0 Å². The molecule has 3 heterocycles. The van der Waals surface area contributed by atoms with Gasteiger partial charge in [0.15, 0.2) is 0 Å². The minimum absolute atomic E-state index is 0.118. The molecule has 2 fully saturated rings. The van der Waals surface area contributed by atoms with Gasteiger partial charge in [-0.25, -0.2) is 0 Å². The predicted molar refractivity (Wildman–Crippen MR) is 86.6 cm³/mol. The molecule has 3 rings (SSSR count). The van der Waals surface area contributed by atoms with Crippen LogP contribution in [0.15, 0.2) is 12.3 Å². The quantitative estimate of drug-likeness (QED) is 0.911. The number of carbonyl (C=O) groups excluding carboxylic acids is 1. The van der Waals surface area contributed by atoms with E-state index in [1.54, 1.807) is 0 Å². The normalized spacial score (nSPS) is 29.5. The molecule has 0 bridgehead atoms. The van der Waals surface area contributed by atoms with Gasteiger partial charge in [0.2, 0.25) is 5.91 Å². The summed E-state index contributed by atoms with van der Waals surface area (Å²) >= 11 is 0. The Hall–Kier alpha value is -1.36. The van der Waals surface area contributed by atoms with Gasteiger partial charge in [-0.1, -0.05) is 6.92 Å². The third kappa shape index (κ3) is 2.56. The lowest BCUT2D eigenvalue weighted by Crippen LogP contribution is -2.60. The van der Waals surface area contributed by atoms with Gasteiger partial charge in [0.25, 0.3) is 0 Å². The van der Waals surface area contributed by atoms with Crippen molar-refractivity contribution in [1.29, 1.82) is 0 Å². The molecule has 0 aliphatic carbocycles. The Bertz CT molecular complexity index is 519. The van der Waals surface area contributed by atoms with Gasteiger partial charge in [0, 0.05) is 30.4 Å². The number of likely N-dealkylation sites (tertiary alicyclic amines) is 2. The second-order valence-electron chi connectivity index (χ2n) is 7.48. The van der Waals surface area contributed by atoms with Gasteiger partial charge in [-0.3, -0.25) is 14.8 Å². The summed E-state index contributed by atoms with van der Waals surface area (Å²) in [6.45, 7) is 7.12. The number of hydrogen-bond donors (Lipinski definition) is 1. The van der Waals surface area contributed by atoms with Crippen LogP contribution in [0.3, 0.4) is 0 Å². The van der Waals surface area contributed by atoms with Crippen LogP contribution < -0.4 is 0 Å². The molecule has 122 valence electrons. The van der Waals surface area contributed by atoms with Crippen molar-refractivity contribution in [2.24, 2.45) is 0 Å². The second kappa shape index (κ2) is 5.69. The van der Waals surface area contributed by atoms with Crippen molar-refractivity contribution in [3.63, 3.8) is 0 Å². The minimum atomic E-state index is -0.306. The van der Waals surface area contributed by atoms with E-state index >= 15 is 0 Å². The third-order valence-corrected chi connectivity index (χ3v) is 6.02. The van der Waals surface area contributed by atoms with Crippen LogP contribution in [0.4, 0.5) is 0 Å². The van der Waals surface area contributed by atoms with Crippen molar-refractivity contribution in [3.8, 4) is 0 Å². The Morgan fingerprint density at radius 1 is 1.18 bits per heavy atom. The highest BCUT2D eigenvalue weighted by Gasteiger charge is 2.44. The molecule has 5 heteroatoms. The van der Waals surface area contributed by atoms with E-state index < -0.39 is 0 Å². The average Bonchev–Trinajstić information content (AvgIpc) is 3.06. The third-order valence-electron chi connectivity index (χ3n) is 6.02. The first-order valence-corrected chi connectivity index (χ1v) is 8.46. The number of aromatic amines is 1. The highest BCUT2D eigenvalue weighted by Crippen LogP contribution is 2.36. The lowest BCUT2D eigenvalue weighted by Gasteiger charge is -2.46. The van der Waals surface area contributed by atoms with E-state index in [2.05, 4.69) is 47.0 Å². The fourth-order valence-corrected chi connectivity index (χ4v) is 3.93. The molecule has 0 aromatic carbocycles. The van der Waals surface area contributed by atoms with E-state index in [-0.39, 0.29) is 11.0 Å². The summed E-state index contributed by atoms with van der Waals surface area (Å²) in [6.07, 6.45) is 7.16. The number of likely N-dealkylation sites (N-methyl/N-ethyl adjacent to an activating group) is 1. The number of nitrogens with zero attached hydrogens (tertiary/aromatic N) is 3. The van der Waals surface area contributed by atoms with Gasteiger partial charge in [0.1, 0.15) is 0 Å². The average molecular weight is 304 g/mol. The maximum absolute atomic E-state index is 13.0. The maximum Gasteiger partial charge on any atom is 0.242 e. The molecule has 0 radical (unpaired) electrons. The number of aromatic nitrogens is 2. The molecule has 1 atom stereocenters. The summed E-state index contributed by atoms with van der Waals surface area (Å²) < 4.78 is 0. The van der Waals surface area contributed by atoms with E-state index in [1.807, 2.05) is 6.20 Å². The first-order chi connectivity index (χ1) is 10.5. The summed E-state index contributed by atoms with van der Waals surface area (Å²) in [5.41, 5.74) is 1.01. The van der Waals surface area contributed by atoms with Gasteiger partial charge in [-0.2, -0.15) is 5.10 Å². The molecule has 2 saturated heterocycles. The number of rotatable bonds is 2. The molecule has 0 saturated carbocycles. The first-order valence-electron chi connectivity index (χ1n) is 8.46. The van der Waals surface area contributed by atoms with E-state index in [4.69, 9.17) is 0 Å². The highest BCUT2D eigenvalue weighted by molar-refractivity contribution is 5.86. The molecule has 1 N–H and O–H groups in total. The monoisotopic (exact) mass is 304 g/mol. The van der Waals surface area contributed by atoms with Crippen molar-refractivity contribution >= 4 is 5.91 Å². The molecule has 2 aliphatic heterocycles. The largest absolute Gasteiger partial charge is 0.341 e. The van der Waals surface area contributed by atoms with Crippen LogP contribution in [0.2, 0.25) is 0 Å². The first kappa shape index (κ1) is 15.5. The van der Waals surface area contributed by atoms with E-state index in [1.165, 1.54) is 12.1 Å². The Labute approximate surface area is 133 Å². The Morgan fingerprint density at radius 3 is 2.50 bits per heavy atom. The number of H-pyrrole nitrogens is 1. The predicted octanol–water partition coefficient (Wildman–Crippen LogP) is 2.16. The van der Waals surface area contributed by atoms with Gasteiger partial charge in [-0.05, 0) is 58.7 Å². The second-order valence-corrected chi connectivity index (χ2v) is 7.48. The summed E-state index contributed by atoms with van der Waals surface area (Å²) in [6, 6.07) is 2.06. The molecule has 5 nitrogen and oxygen atoms in total. The summed E-state index contributed by atoms with van der Waals surface area (Å²) in [5, 5.41) is 7.19. The molecule has 0 unspecified atom stereocenters. The zero-order valence-corrected chi connectivity index (χ0v) is 14.1. The van der Waals surface area contributed by atoms with Gasteiger partial charge < -0.3 is 4.90 Å². The van der Waals surface area contributed by atoms with Crippen LogP contribution in [0.5, 0.6) is 0 Å². The number of hydrogen-bond acceptors (Lipinski definition) is 3. The molecule has 0 spiro atoms. The van der Waals surface area contributed by atoms with Crippen LogP contribution >= 0.6 is 0 Å². The number of piperidine rings is 2.